The monoisotopic (exact) mass is 492 g/mol. The van der Waals surface area contributed by atoms with E-state index in [1.165, 1.54) is 13.2 Å². The van der Waals surface area contributed by atoms with Crippen molar-refractivity contribution in [1.82, 2.24) is 0 Å². The van der Waals surface area contributed by atoms with Gasteiger partial charge in [-0.2, -0.15) is 13.2 Å². The number of nitrogens with two attached hydrogens (primary N) is 1. The highest BCUT2D eigenvalue weighted by Gasteiger charge is 2.38. The van der Waals surface area contributed by atoms with Crippen molar-refractivity contribution in [1.29, 1.82) is 0 Å². The Balaban J connectivity index is 0.000000675. The minimum absolute atomic E-state index is 0.0723. The molecule has 0 radical (unpaired) electrons. The number of carboxylic acids is 1. The number of carbonyl (C=O) groups is 4. The van der Waals surface area contributed by atoms with Crippen LogP contribution >= 0.6 is 11.3 Å². The van der Waals surface area contributed by atoms with Gasteiger partial charge in [-0.05, 0) is 25.0 Å². The first kappa shape index (κ1) is 27.6. The number of halogens is 4. The molecule has 33 heavy (non-hydrogen) atoms. The zero-order chi connectivity index (χ0) is 25.5. The van der Waals surface area contributed by atoms with E-state index in [1.807, 2.05) is 0 Å². The molecule has 0 spiro atoms. The Labute approximate surface area is 189 Å². The number of carboxylic acid groups (broad SMARTS) is 1. The normalized spacial score (nSPS) is 11.6. The molecule has 1 aromatic heterocycles. The van der Waals surface area contributed by atoms with Crippen LogP contribution in [0.4, 0.5) is 22.6 Å². The second-order valence-corrected chi connectivity index (χ2v) is 7.41. The lowest BCUT2D eigenvalue weighted by Gasteiger charge is -2.16. The van der Waals surface area contributed by atoms with Gasteiger partial charge in [0.15, 0.2) is 0 Å². The van der Waals surface area contributed by atoms with E-state index in [2.05, 4.69) is 5.32 Å². The average Bonchev–Trinajstić information content (AvgIpc) is 3.05. The minimum atomic E-state index is -5.08. The summed E-state index contributed by atoms with van der Waals surface area (Å²) >= 11 is 0.892. The molecule has 2 aromatic rings. The fourth-order valence-electron chi connectivity index (χ4n) is 2.69. The predicted molar refractivity (Wildman–Crippen MR) is 111 cm³/mol. The number of ether oxygens (including phenoxy) is 1. The molecule has 1 atom stereocenters. The van der Waals surface area contributed by atoms with Crippen molar-refractivity contribution in [3.63, 3.8) is 0 Å². The van der Waals surface area contributed by atoms with Gasteiger partial charge in [0.1, 0.15) is 10.8 Å². The van der Waals surface area contributed by atoms with Crippen LogP contribution in [0.1, 0.15) is 50.4 Å². The van der Waals surface area contributed by atoms with Crippen LogP contribution in [-0.4, -0.2) is 42.1 Å². The van der Waals surface area contributed by atoms with Gasteiger partial charge in [-0.1, -0.05) is 25.1 Å². The summed E-state index contributed by atoms with van der Waals surface area (Å²) < 4.78 is 50.5. The number of primary amides is 1. The number of esters is 1. The summed E-state index contributed by atoms with van der Waals surface area (Å²) in [6, 6.07) is 6.01. The van der Waals surface area contributed by atoms with E-state index < -0.39 is 41.7 Å². The molecule has 0 aliphatic carbocycles. The molecule has 1 unspecified atom stereocenters. The zero-order valence-corrected chi connectivity index (χ0v) is 18.4. The number of hydrogen-bond acceptors (Lipinski definition) is 6. The Bertz CT molecular complexity index is 1050. The summed E-state index contributed by atoms with van der Waals surface area (Å²) in [7, 11) is 1.20. The van der Waals surface area contributed by atoms with Gasteiger partial charge in [-0.25, -0.2) is 14.0 Å². The Morgan fingerprint density at radius 3 is 2.18 bits per heavy atom. The van der Waals surface area contributed by atoms with Crippen LogP contribution in [0.3, 0.4) is 0 Å². The third-order valence-electron chi connectivity index (χ3n) is 4.24. The number of alkyl halides is 3. The Hall–Kier alpha value is -3.48. The molecule has 2 amide bonds. The molecule has 4 N–H and O–H groups in total. The van der Waals surface area contributed by atoms with Crippen LogP contribution in [0.15, 0.2) is 24.3 Å². The van der Waals surface area contributed by atoms with Gasteiger partial charge in [-0.3, -0.25) is 9.59 Å². The number of benzene rings is 1. The zero-order valence-electron chi connectivity index (χ0n) is 17.6. The molecule has 0 fully saturated rings. The fourth-order valence-corrected chi connectivity index (χ4v) is 3.74. The molecule has 1 aromatic carbocycles. The van der Waals surface area contributed by atoms with Gasteiger partial charge in [0.05, 0.1) is 23.5 Å². The topological polar surface area (TPSA) is 136 Å². The summed E-state index contributed by atoms with van der Waals surface area (Å²) in [6.45, 7) is 3.30. The van der Waals surface area contributed by atoms with Crippen molar-refractivity contribution in [2.24, 2.45) is 5.73 Å². The van der Waals surface area contributed by atoms with Gasteiger partial charge in [0, 0.05) is 5.56 Å². The van der Waals surface area contributed by atoms with Crippen molar-refractivity contribution in [2.45, 2.75) is 32.4 Å². The molecular formula is C20H20F4N2O6S. The molecule has 2 rings (SSSR count). The maximum absolute atomic E-state index is 14.0. The number of aliphatic carboxylic acids is 1. The Kier molecular flexibility index (Phi) is 9.52. The van der Waals surface area contributed by atoms with Crippen molar-refractivity contribution < 1.29 is 46.6 Å². The summed E-state index contributed by atoms with van der Waals surface area (Å²) in [5.74, 6) is -5.88. The van der Waals surface area contributed by atoms with Crippen LogP contribution in [0.25, 0.3) is 0 Å². The number of nitrogens with one attached hydrogen (secondary N) is 1. The first-order valence-electron chi connectivity index (χ1n) is 9.13. The summed E-state index contributed by atoms with van der Waals surface area (Å²) in [4.78, 5) is 45.4. The van der Waals surface area contributed by atoms with Crippen molar-refractivity contribution in [2.75, 3.05) is 12.4 Å². The van der Waals surface area contributed by atoms with Crippen LogP contribution in [-0.2, 0) is 14.3 Å². The maximum atomic E-state index is 14.0. The maximum Gasteiger partial charge on any atom is 0.490 e. The number of thiophene rings is 1. The molecule has 0 saturated heterocycles. The van der Waals surface area contributed by atoms with E-state index in [9.17, 15) is 31.9 Å². The third kappa shape index (κ3) is 7.00. The number of rotatable bonds is 6. The number of carbonyl (C=O) groups excluding carboxylic acids is 3. The molecule has 1 heterocycles. The Morgan fingerprint density at radius 1 is 1.21 bits per heavy atom. The Morgan fingerprint density at radius 2 is 1.76 bits per heavy atom. The molecule has 180 valence electrons. The first-order valence-corrected chi connectivity index (χ1v) is 9.94. The highest BCUT2D eigenvalue weighted by Crippen LogP contribution is 2.35. The SMILES string of the molecule is CCC(C(=O)Nc1sc(C(N)=O)c(C)c1C(=O)OC)c1ccccc1F.O=C(O)C(F)(F)F. The highest BCUT2D eigenvalue weighted by atomic mass is 32.1. The second kappa shape index (κ2) is 11.4. The van der Waals surface area contributed by atoms with Gasteiger partial charge >= 0.3 is 18.1 Å². The number of methoxy groups -OCH3 is 1. The van der Waals surface area contributed by atoms with Crippen LogP contribution in [0.2, 0.25) is 0 Å². The largest absolute Gasteiger partial charge is 0.490 e. The van der Waals surface area contributed by atoms with E-state index in [0.29, 0.717) is 12.0 Å². The standard InChI is InChI=1S/C18H19FN2O4S.C2HF3O2/c1-4-10(11-7-5-6-8-12(11)19)16(23)21-17-13(18(24)25-3)9(2)14(26-17)15(20)22;3-2(4,5)1(6)7/h5-8,10H,4H2,1-3H3,(H2,20,22)(H,21,23);(H,6,7). The summed E-state index contributed by atoms with van der Waals surface area (Å²) in [6.07, 6.45) is -4.73. The van der Waals surface area contributed by atoms with Crippen molar-refractivity contribution in [3.8, 4) is 0 Å². The van der Waals surface area contributed by atoms with Gasteiger partial charge in [-0.15, -0.1) is 11.3 Å². The van der Waals surface area contributed by atoms with E-state index in [0.717, 1.165) is 11.3 Å². The molecular weight excluding hydrogens is 472 g/mol. The average molecular weight is 492 g/mol. The number of anilines is 1. The van der Waals surface area contributed by atoms with Crippen LogP contribution < -0.4 is 11.1 Å². The minimum Gasteiger partial charge on any atom is -0.475 e. The molecule has 13 heteroatoms. The number of amides is 2. The van der Waals surface area contributed by atoms with E-state index >= 15 is 0 Å². The van der Waals surface area contributed by atoms with Crippen molar-refractivity contribution in [3.05, 3.63) is 51.7 Å². The third-order valence-corrected chi connectivity index (χ3v) is 5.47. The predicted octanol–water partition coefficient (Wildman–Crippen LogP) is 3.85. The van der Waals surface area contributed by atoms with Gasteiger partial charge in [0.2, 0.25) is 5.91 Å². The van der Waals surface area contributed by atoms with E-state index in [-0.39, 0.29) is 21.0 Å². The van der Waals surface area contributed by atoms with E-state index in [1.54, 1.807) is 32.0 Å². The lowest BCUT2D eigenvalue weighted by Crippen LogP contribution is -2.22. The molecule has 8 nitrogen and oxygen atoms in total. The molecule has 0 aliphatic rings. The van der Waals surface area contributed by atoms with E-state index in [4.69, 9.17) is 20.4 Å². The lowest BCUT2D eigenvalue weighted by molar-refractivity contribution is -0.192. The number of hydrogen-bond donors (Lipinski definition) is 3. The summed E-state index contributed by atoms with van der Waals surface area (Å²) in [5.41, 5.74) is 5.99. The van der Waals surface area contributed by atoms with Crippen LogP contribution in [0, 0.1) is 12.7 Å². The smallest absolute Gasteiger partial charge is 0.475 e. The highest BCUT2D eigenvalue weighted by molar-refractivity contribution is 7.18. The fraction of sp³-hybridized carbons (Fsp3) is 0.300. The van der Waals surface area contributed by atoms with Gasteiger partial charge < -0.3 is 20.9 Å². The van der Waals surface area contributed by atoms with Gasteiger partial charge in [0.25, 0.3) is 5.91 Å². The second-order valence-electron chi connectivity index (χ2n) is 6.39. The quantitative estimate of drug-likeness (QED) is 0.414. The molecule has 0 saturated carbocycles. The van der Waals surface area contributed by atoms with Crippen LogP contribution in [0.5, 0.6) is 0 Å². The van der Waals surface area contributed by atoms with Crippen molar-refractivity contribution >= 4 is 40.1 Å². The molecule has 0 bridgehead atoms. The molecule has 0 aliphatic heterocycles. The first-order chi connectivity index (χ1) is 15.3. The lowest BCUT2D eigenvalue weighted by atomic mass is 9.95. The summed E-state index contributed by atoms with van der Waals surface area (Å²) in [5, 5.41) is 9.90.